The van der Waals surface area contributed by atoms with E-state index in [4.69, 9.17) is 11.6 Å². The van der Waals surface area contributed by atoms with E-state index in [0.717, 1.165) is 19.3 Å². The van der Waals surface area contributed by atoms with Crippen LogP contribution in [0.3, 0.4) is 0 Å². The molecule has 2 rings (SSSR count). The zero-order chi connectivity index (χ0) is 14.0. The molecule has 3 unspecified atom stereocenters. The summed E-state index contributed by atoms with van der Waals surface area (Å²) in [6.07, 6.45) is 3.06. The van der Waals surface area contributed by atoms with Crippen molar-refractivity contribution < 1.29 is 9.50 Å². The molecule has 1 saturated carbocycles. The predicted octanol–water partition coefficient (Wildman–Crippen LogP) is 4.45. The summed E-state index contributed by atoms with van der Waals surface area (Å²) < 4.78 is 13.8. The lowest BCUT2D eigenvalue weighted by atomic mass is 9.73. The van der Waals surface area contributed by atoms with Gasteiger partial charge < -0.3 is 5.11 Å². The topological polar surface area (TPSA) is 20.2 Å². The molecule has 1 aliphatic carbocycles. The molecule has 1 nitrogen and oxygen atoms in total. The molecule has 1 fully saturated rings. The fourth-order valence-electron chi connectivity index (χ4n) is 3.10. The molecule has 1 aliphatic rings. The van der Waals surface area contributed by atoms with E-state index < -0.39 is 0 Å². The maximum atomic E-state index is 13.8. The van der Waals surface area contributed by atoms with Gasteiger partial charge >= 0.3 is 0 Å². The van der Waals surface area contributed by atoms with Crippen LogP contribution >= 0.6 is 11.6 Å². The molecule has 3 atom stereocenters. The number of aliphatic hydroxyl groups is 1. The van der Waals surface area contributed by atoms with Gasteiger partial charge in [-0.3, -0.25) is 0 Å². The number of benzene rings is 1. The minimum atomic E-state index is -0.328. The number of rotatable bonds is 3. The van der Waals surface area contributed by atoms with Crippen molar-refractivity contribution in [2.75, 3.05) is 0 Å². The van der Waals surface area contributed by atoms with E-state index in [0.29, 0.717) is 28.8 Å². The summed E-state index contributed by atoms with van der Waals surface area (Å²) in [5, 5.41) is 10.6. The first-order chi connectivity index (χ1) is 8.99. The van der Waals surface area contributed by atoms with Crippen molar-refractivity contribution in [3.05, 3.63) is 34.6 Å². The maximum absolute atomic E-state index is 13.8. The molecule has 0 amide bonds. The van der Waals surface area contributed by atoms with E-state index in [1.807, 2.05) is 0 Å². The van der Waals surface area contributed by atoms with Crippen molar-refractivity contribution in [3.63, 3.8) is 0 Å². The third-order valence-electron chi connectivity index (χ3n) is 4.45. The van der Waals surface area contributed by atoms with Gasteiger partial charge in [0.25, 0.3) is 0 Å². The van der Waals surface area contributed by atoms with Crippen LogP contribution < -0.4 is 0 Å². The number of hydrogen-bond acceptors (Lipinski definition) is 1. The minimum Gasteiger partial charge on any atom is -0.393 e. The first-order valence-electron chi connectivity index (χ1n) is 7.10. The predicted molar refractivity (Wildman–Crippen MR) is 76.8 cm³/mol. The molecule has 0 saturated heterocycles. The lowest BCUT2D eigenvalue weighted by Gasteiger charge is -2.35. The van der Waals surface area contributed by atoms with Crippen molar-refractivity contribution in [1.82, 2.24) is 0 Å². The van der Waals surface area contributed by atoms with Crippen LogP contribution in [0.5, 0.6) is 0 Å². The molecule has 0 heterocycles. The van der Waals surface area contributed by atoms with Gasteiger partial charge in [-0.25, -0.2) is 4.39 Å². The molecule has 1 aromatic rings. The second kappa shape index (κ2) is 6.23. The summed E-state index contributed by atoms with van der Waals surface area (Å²) >= 11 is 6.07. The molecule has 0 aliphatic heterocycles. The summed E-state index contributed by atoms with van der Waals surface area (Å²) in [6, 6.07) is 4.78. The average molecular weight is 285 g/mol. The van der Waals surface area contributed by atoms with Crippen LogP contribution in [0.25, 0.3) is 0 Å². The lowest BCUT2D eigenvalue weighted by Crippen LogP contribution is -2.32. The smallest absolute Gasteiger partial charge is 0.127 e. The van der Waals surface area contributed by atoms with Gasteiger partial charge in [-0.2, -0.15) is 0 Å². The van der Waals surface area contributed by atoms with Gasteiger partial charge in [0.2, 0.25) is 0 Å². The van der Waals surface area contributed by atoms with E-state index in [-0.39, 0.29) is 17.8 Å². The Kier molecular flexibility index (Phi) is 4.86. The quantitative estimate of drug-likeness (QED) is 0.869. The van der Waals surface area contributed by atoms with Crippen LogP contribution in [-0.4, -0.2) is 11.2 Å². The van der Waals surface area contributed by atoms with Crippen molar-refractivity contribution in [3.8, 4) is 0 Å². The van der Waals surface area contributed by atoms with Gasteiger partial charge in [-0.05, 0) is 55.6 Å². The highest BCUT2D eigenvalue weighted by molar-refractivity contribution is 6.31. The van der Waals surface area contributed by atoms with E-state index in [2.05, 4.69) is 13.8 Å². The third-order valence-corrected chi connectivity index (χ3v) is 4.81. The third kappa shape index (κ3) is 3.49. The molecule has 19 heavy (non-hydrogen) atoms. The van der Waals surface area contributed by atoms with Crippen LogP contribution in [0.1, 0.15) is 38.7 Å². The standard InChI is InChI=1S/C16H22ClFO/c1-10(2)11-6-7-16(19)12(8-11)9-13-14(17)4-3-5-15(13)18/h3-5,10-12,16,19H,6-9H2,1-2H3. The number of hydrogen-bond donors (Lipinski definition) is 1. The highest BCUT2D eigenvalue weighted by Gasteiger charge is 2.31. The monoisotopic (exact) mass is 284 g/mol. The Bertz CT molecular complexity index is 413. The molecule has 0 bridgehead atoms. The van der Waals surface area contributed by atoms with Crippen molar-refractivity contribution >= 4 is 11.6 Å². The molecule has 1 N–H and O–H groups in total. The zero-order valence-electron chi connectivity index (χ0n) is 11.6. The molecule has 0 radical (unpaired) electrons. The van der Waals surface area contributed by atoms with Crippen LogP contribution in [0.2, 0.25) is 5.02 Å². The largest absolute Gasteiger partial charge is 0.393 e. The maximum Gasteiger partial charge on any atom is 0.127 e. The Morgan fingerprint density at radius 3 is 2.74 bits per heavy atom. The fourth-order valence-corrected chi connectivity index (χ4v) is 3.34. The van der Waals surface area contributed by atoms with Gasteiger partial charge in [-0.15, -0.1) is 0 Å². The second-order valence-electron chi connectivity index (χ2n) is 6.05. The molecule has 3 heteroatoms. The van der Waals surface area contributed by atoms with Gasteiger partial charge in [0, 0.05) is 10.6 Å². The molecular formula is C16H22ClFO. The van der Waals surface area contributed by atoms with Crippen LogP contribution in [0, 0.1) is 23.6 Å². The van der Waals surface area contributed by atoms with E-state index in [1.54, 1.807) is 12.1 Å². The minimum absolute atomic E-state index is 0.121. The Hall–Kier alpha value is -0.600. The SMILES string of the molecule is CC(C)C1CCC(O)C(Cc2c(F)cccc2Cl)C1. The van der Waals surface area contributed by atoms with Crippen molar-refractivity contribution in [1.29, 1.82) is 0 Å². The summed E-state index contributed by atoms with van der Waals surface area (Å²) in [7, 11) is 0. The van der Waals surface area contributed by atoms with E-state index in [9.17, 15) is 9.50 Å². The lowest BCUT2D eigenvalue weighted by molar-refractivity contribution is 0.0375. The molecular weight excluding hydrogens is 263 g/mol. The van der Waals surface area contributed by atoms with Crippen LogP contribution in [0.15, 0.2) is 18.2 Å². The van der Waals surface area contributed by atoms with E-state index >= 15 is 0 Å². The Labute approximate surface area is 119 Å². The first-order valence-corrected chi connectivity index (χ1v) is 7.47. The summed E-state index contributed by atoms with van der Waals surface area (Å²) in [6.45, 7) is 4.44. The number of halogens is 2. The summed E-state index contributed by atoms with van der Waals surface area (Å²) in [5.41, 5.74) is 0.553. The van der Waals surface area contributed by atoms with Crippen LogP contribution in [-0.2, 0) is 6.42 Å². The summed E-state index contributed by atoms with van der Waals surface area (Å²) in [4.78, 5) is 0. The molecule has 0 aromatic heterocycles. The number of aliphatic hydroxyl groups excluding tert-OH is 1. The molecule has 1 aromatic carbocycles. The Balaban J connectivity index is 2.12. The van der Waals surface area contributed by atoms with Crippen molar-refractivity contribution in [2.45, 2.75) is 45.6 Å². The molecule has 0 spiro atoms. The highest BCUT2D eigenvalue weighted by atomic mass is 35.5. The van der Waals surface area contributed by atoms with Gasteiger partial charge in [0.05, 0.1) is 6.10 Å². The second-order valence-corrected chi connectivity index (χ2v) is 6.46. The molecule has 106 valence electrons. The van der Waals surface area contributed by atoms with E-state index in [1.165, 1.54) is 6.07 Å². The first kappa shape index (κ1) is 14.8. The fraction of sp³-hybridized carbons (Fsp3) is 0.625. The van der Waals surface area contributed by atoms with Crippen molar-refractivity contribution in [2.24, 2.45) is 17.8 Å². The zero-order valence-corrected chi connectivity index (χ0v) is 12.3. The summed E-state index contributed by atoms with van der Waals surface area (Å²) in [5.74, 6) is 1.10. The van der Waals surface area contributed by atoms with Gasteiger partial charge in [0.1, 0.15) is 5.82 Å². The van der Waals surface area contributed by atoms with Gasteiger partial charge in [0.15, 0.2) is 0 Å². The average Bonchev–Trinajstić information content (AvgIpc) is 2.35. The highest BCUT2D eigenvalue weighted by Crippen LogP contribution is 2.36. The van der Waals surface area contributed by atoms with Gasteiger partial charge in [-0.1, -0.05) is 31.5 Å². The normalized spacial score (nSPS) is 27.8. The van der Waals surface area contributed by atoms with Crippen LogP contribution in [0.4, 0.5) is 4.39 Å². The Morgan fingerprint density at radius 2 is 2.11 bits per heavy atom. The Morgan fingerprint density at radius 1 is 1.37 bits per heavy atom.